The van der Waals surface area contributed by atoms with Crippen LogP contribution in [0.5, 0.6) is 0 Å². The van der Waals surface area contributed by atoms with Crippen molar-refractivity contribution in [1.29, 1.82) is 0 Å². The van der Waals surface area contributed by atoms with E-state index in [4.69, 9.17) is 4.52 Å². The number of nitrogens with zero attached hydrogens (tertiary/aromatic N) is 4. The molecule has 0 spiro atoms. The van der Waals surface area contributed by atoms with Gasteiger partial charge in [-0.25, -0.2) is 0 Å². The van der Waals surface area contributed by atoms with Crippen LogP contribution < -0.4 is 0 Å². The summed E-state index contributed by atoms with van der Waals surface area (Å²) in [5.41, 5.74) is 0. The van der Waals surface area contributed by atoms with E-state index >= 15 is 0 Å². The molecule has 0 saturated carbocycles. The van der Waals surface area contributed by atoms with E-state index < -0.39 is 6.04 Å². The monoisotopic (exact) mass is 266 g/mol. The number of hydrogen-bond donors (Lipinski definition) is 0. The van der Waals surface area contributed by atoms with E-state index in [1.165, 1.54) is 4.90 Å². The fraction of sp³-hybridized carbons (Fsp3) is 0.667. The van der Waals surface area contributed by atoms with Crippen molar-refractivity contribution in [3.63, 3.8) is 0 Å². The lowest BCUT2D eigenvalue weighted by atomic mass is 10.1. The van der Waals surface area contributed by atoms with Gasteiger partial charge in [0.2, 0.25) is 17.7 Å². The normalized spacial score (nSPS) is 20.3. The van der Waals surface area contributed by atoms with E-state index in [0.717, 1.165) is 6.42 Å². The molecule has 0 aromatic carbocycles. The fourth-order valence-corrected chi connectivity index (χ4v) is 2.18. The maximum atomic E-state index is 12.1. The Balaban J connectivity index is 2.09. The predicted octanol–water partition coefficient (Wildman–Crippen LogP) is 0.347. The van der Waals surface area contributed by atoms with Crippen LogP contribution in [0.25, 0.3) is 0 Å². The number of carbonyl (C=O) groups excluding carboxylic acids is 2. The highest BCUT2D eigenvalue weighted by Gasteiger charge is 2.36. The van der Waals surface area contributed by atoms with E-state index in [9.17, 15) is 9.59 Å². The first-order valence-electron chi connectivity index (χ1n) is 6.40. The van der Waals surface area contributed by atoms with Gasteiger partial charge in [0.1, 0.15) is 12.6 Å². The van der Waals surface area contributed by atoms with Gasteiger partial charge < -0.3 is 14.3 Å². The molecule has 104 valence electrons. The number of rotatable bonds is 4. The van der Waals surface area contributed by atoms with Crippen LogP contribution >= 0.6 is 0 Å². The zero-order valence-electron chi connectivity index (χ0n) is 11.4. The van der Waals surface area contributed by atoms with Crippen LogP contribution in [0.2, 0.25) is 0 Å². The van der Waals surface area contributed by atoms with Crippen LogP contribution in [-0.2, 0) is 16.1 Å². The van der Waals surface area contributed by atoms with Crippen LogP contribution in [-0.4, -0.2) is 50.9 Å². The molecule has 2 amide bonds. The number of hydrogen-bond acceptors (Lipinski definition) is 5. The molecule has 7 nitrogen and oxygen atoms in total. The van der Waals surface area contributed by atoms with Gasteiger partial charge in [-0.15, -0.1) is 0 Å². The Morgan fingerprint density at radius 2 is 2.16 bits per heavy atom. The molecule has 2 heterocycles. The number of aryl methyl sites for hydroxylation is 1. The van der Waals surface area contributed by atoms with Crippen molar-refractivity contribution in [1.82, 2.24) is 19.9 Å². The molecule has 0 N–H and O–H groups in total. The Kier molecular flexibility index (Phi) is 3.82. The maximum absolute atomic E-state index is 12.1. The Morgan fingerprint density at radius 3 is 2.74 bits per heavy atom. The molecule has 0 aliphatic carbocycles. The molecule has 1 aromatic heterocycles. The number of piperazine rings is 1. The highest BCUT2D eigenvalue weighted by molar-refractivity contribution is 5.94. The van der Waals surface area contributed by atoms with Gasteiger partial charge in [-0.3, -0.25) is 9.59 Å². The highest BCUT2D eigenvalue weighted by Crippen LogP contribution is 2.15. The molecule has 1 aliphatic rings. The molecule has 1 saturated heterocycles. The molecule has 1 fully saturated rings. The van der Waals surface area contributed by atoms with Crippen molar-refractivity contribution in [3.8, 4) is 0 Å². The summed E-state index contributed by atoms with van der Waals surface area (Å²) in [6.07, 6.45) is 0.842. The van der Waals surface area contributed by atoms with Crippen molar-refractivity contribution in [2.75, 3.05) is 13.1 Å². The van der Waals surface area contributed by atoms with Gasteiger partial charge in [-0.2, -0.15) is 4.98 Å². The zero-order chi connectivity index (χ0) is 14.0. The van der Waals surface area contributed by atoms with Crippen molar-refractivity contribution < 1.29 is 14.1 Å². The third-order valence-corrected chi connectivity index (χ3v) is 3.15. The molecular weight excluding hydrogens is 248 g/mol. The number of aromatic nitrogens is 2. The minimum absolute atomic E-state index is 0.0299. The quantitative estimate of drug-likeness (QED) is 0.785. The lowest BCUT2D eigenvalue weighted by molar-refractivity contribution is -0.156. The first kappa shape index (κ1) is 13.5. The number of amides is 2. The summed E-state index contributed by atoms with van der Waals surface area (Å²) >= 11 is 0. The predicted molar refractivity (Wildman–Crippen MR) is 65.9 cm³/mol. The average molecular weight is 266 g/mol. The summed E-state index contributed by atoms with van der Waals surface area (Å²) in [4.78, 5) is 31.4. The van der Waals surface area contributed by atoms with Gasteiger partial charge in [0.15, 0.2) is 5.82 Å². The Morgan fingerprint density at radius 1 is 1.42 bits per heavy atom. The SMILES string of the molecule is CCCN1CC(=O)N(Cc2nc(C)no2)[C@@H](C)C1=O. The standard InChI is InChI=1S/C12H18N4O3/c1-4-5-15-7-11(17)16(8(2)12(15)18)6-10-13-9(3)14-19-10/h8H,4-7H2,1-3H3/t8-/m0/s1. The summed E-state index contributed by atoms with van der Waals surface area (Å²) in [5, 5.41) is 3.68. The molecule has 0 bridgehead atoms. The van der Waals surface area contributed by atoms with Gasteiger partial charge in [0, 0.05) is 6.54 Å². The molecule has 1 aliphatic heterocycles. The van der Waals surface area contributed by atoms with Crippen LogP contribution in [0.15, 0.2) is 4.52 Å². The second-order valence-electron chi connectivity index (χ2n) is 4.69. The summed E-state index contributed by atoms with van der Waals surface area (Å²) in [6.45, 7) is 6.35. The minimum atomic E-state index is -0.486. The largest absolute Gasteiger partial charge is 0.337 e. The first-order chi connectivity index (χ1) is 9.02. The van der Waals surface area contributed by atoms with Crippen molar-refractivity contribution in [2.45, 2.75) is 39.8 Å². The topological polar surface area (TPSA) is 79.5 Å². The second kappa shape index (κ2) is 5.38. The summed E-state index contributed by atoms with van der Waals surface area (Å²) in [6, 6.07) is -0.486. The van der Waals surface area contributed by atoms with Crippen molar-refractivity contribution in [2.24, 2.45) is 0 Å². The van der Waals surface area contributed by atoms with Crippen molar-refractivity contribution >= 4 is 11.8 Å². The van der Waals surface area contributed by atoms with Crippen LogP contribution in [0.1, 0.15) is 32.0 Å². The molecule has 1 aromatic rings. The van der Waals surface area contributed by atoms with E-state index in [-0.39, 0.29) is 24.9 Å². The van der Waals surface area contributed by atoms with Gasteiger partial charge >= 0.3 is 0 Å². The molecule has 7 heteroatoms. The molecule has 19 heavy (non-hydrogen) atoms. The van der Waals surface area contributed by atoms with E-state index in [1.54, 1.807) is 18.7 Å². The Labute approximate surface area is 111 Å². The van der Waals surface area contributed by atoms with Crippen LogP contribution in [0.4, 0.5) is 0 Å². The molecule has 0 radical (unpaired) electrons. The first-order valence-corrected chi connectivity index (χ1v) is 6.40. The molecule has 1 atom stereocenters. The van der Waals surface area contributed by atoms with E-state index in [2.05, 4.69) is 10.1 Å². The smallest absolute Gasteiger partial charge is 0.246 e. The van der Waals surface area contributed by atoms with E-state index in [1.807, 2.05) is 6.92 Å². The van der Waals surface area contributed by atoms with Gasteiger partial charge in [0.25, 0.3) is 0 Å². The summed E-state index contributed by atoms with van der Waals surface area (Å²) in [5.74, 6) is 0.759. The number of carbonyl (C=O) groups is 2. The van der Waals surface area contributed by atoms with Gasteiger partial charge in [0.05, 0.1) is 6.54 Å². The fourth-order valence-electron chi connectivity index (χ4n) is 2.18. The minimum Gasteiger partial charge on any atom is -0.337 e. The van der Waals surface area contributed by atoms with Gasteiger partial charge in [-0.05, 0) is 20.3 Å². The lowest BCUT2D eigenvalue weighted by Gasteiger charge is -2.37. The maximum Gasteiger partial charge on any atom is 0.246 e. The second-order valence-corrected chi connectivity index (χ2v) is 4.69. The third kappa shape index (κ3) is 2.74. The van der Waals surface area contributed by atoms with Gasteiger partial charge in [-0.1, -0.05) is 12.1 Å². The Bertz CT molecular complexity index is 485. The zero-order valence-corrected chi connectivity index (χ0v) is 11.4. The molecular formula is C12H18N4O3. The highest BCUT2D eigenvalue weighted by atomic mass is 16.5. The Hall–Kier alpha value is -1.92. The summed E-state index contributed by atoms with van der Waals surface area (Å²) < 4.78 is 4.99. The van der Waals surface area contributed by atoms with Crippen molar-refractivity contribution in [3.05, 3.63) is 11.7 Å². The van der Waals surface area contributed by atoms with Crippen LogP contribution in [0, 0.1) is 6.92 Å². The lowest BCUT2D eigenvalue weighted by Crippen LogP contribution is -2.58. The molecule has 0 unspecified atom stereocenters. The third-order valence-electron chi connectivity index (χ3n) is 3.15. The average Bonchev–Trinajstić information content (AvgIpc) is 2.77. The molecule has 2 rings (SSSR count). The van der Waals surface area contributed by atoms with Crippen LogP contribution in [0.3, 0.4) is 0 Å². The van der Waals surface area contributed by atoms with E-state index in [0.29, 0.717) is 18.3 Å². The summed E-state index contributed by atoms with van der Waals surface area (Å²) in [7, 11) is 0.